The van der Waals surface area contributed by atoms with Crippen LogP contribution in [0.4, 0.5) is 20.6 Å². The molecule has 4 aromatic carbocycles. The molecule has 1 heterocycles. The van der Waals surface area contributed by atoms with Crippen LogP contribution >= 0.6 is 0 Å². The molecule has 0 fully saturated rings. The minimum absolute atomic E-state index is 0.355. The highest BCUT2D eigenvalue weighted by Gasteiger charge is 2.14. The lowest BCUT2D eigenvalue weighted by atomic mass is 10.1. The van der Waals surface area contributed by atoms with Gasteiger partial charge in [0.05, 0.1) is 25.4 Å². The van der Waals surface area contributed by atoms with Crippen molar-refractivity contribution in [3.05, 3.63) is 90.9 Å². The zero-order chi connectivity index (χ0) is 25.1. The van der Waals surface area contributed by atoms with Crippen molar-refractivity contribution in [3.8, 4) is 23.0 Å². The van der Waals surface area contributed by atoms with E-state index in [-0.39, 0.29) is 0 Å². The summed E-state index contributed by atoms with van der Waals surface area (Å²) in [6.07, 6.45) is 1.67. The maximum Gasteiger partial charge on any atom is 0.323 e. The molecule has 180 valence electrons. The van der Waals surface area contributed by atoms with Gasteiger partial charge in [-0.15, -0.1) is 0 Å². The summed E-state index contributed by atoms with van der Waals surface area (Å²) in [6, 6.07) is 21.7. The maximum atomic E-state index is 13.5. The van der Waals surface area contributed by atoms with Crippen molar-refractivity contribution in [1.82, 2.24) is 4.98 Å². The number of ether oxygens (including phenoxy) is 3. The lowest BCUT2D eigenvalue weighted by Gasteiger charge is -2.15. The minimum atomic E-state index is -0.486. The van der Waals surface area contributed by atoms with E-state index < -0.39 is 11.8 Å². The third-order valence-corrected chi connectivity index (χ3v) is 5.64. The van der Waals surface area contributed by atoms with Gasteiger partial charge in [-0.05, 0) is 42.5 Å². The van der Waals surface area contributed by atoms with Gasteiger partial charge in [-0.25, -0.2) is 9.18 Å². The summed E-state index contributed by atoms with van der Waals surface area (Å²) in [6.45, 7) is 0. The summed E-state index contributed by atoms with van der Waals surface area (Å²) in [5.74, 6) is 1.91. The predicted octanol–water partition coefficient (Wildman–Crippen LogP) is 6.98. The van der Waals surface area contributed by atoms with E-state index in [1.165, 1.54) is 18.2 Å². The van der Waals surface area contributed by atoms with Gasteiger partial charge < -0.3 is 24.8 Å². The zero-order valence-corrected chi connectivity index (χ0v) is 19.5. The summed E-state index contributed by atoms with van der Waals surface area (Å²) in [5.41, 5.74) is 1.63. The lowest BCUT2D eigenvalue weighted by molar-refractivity contribution is 0.262. The fraction of sp³-hybridized carbons (Fsp3) is 0.0714. The van der Waals surface area contributed by atoms with Crippen LogP contribution in [0.1, 0.15) is 0 Å². The first-order valence-electron chi connectivity index (χ1n) is 11.1. The van der Waals surface area contributed by atoms with Crippen LogP contribution in [0.2, 0.25) is 0 Å². The highest BCUT2D eigenvalue weighted by molar-refractivity contribution is 6.07. The van der Waals surface area contributed by atoms with Gasteiger partial charge in [-0.2, -0.15) is 0 Å². The van der Waals surface area contributed by atoms with Gasteiger partial charge in [0.15, 0.2) is 11.5 Å². The fourth-order valence-electron chi connectivity index (χ4n) is 3.98. The highest BCUT2D eigenvalue weighted by Crippen LogP contribution is 2.39. The smallest absolute Gasteiger partial charge is 0.323 e. The van der Waals surface area contributed by atoms with Crippen molar-refractivity contribution in [2.75, 3.05) is 24.9 Å². The normalized spacial score (nSPS) is 10.8. The Bertz CT molecular complexity index is 1590. The van der Waals surface area contributed by atoms with Gasteiger partial charge >= 0.3 is 6.03 Å². The number of rotatable bonds is 6. The number of benzene rings is 4. The molecule has 5 rings (SSSR count). The molecule has 0 aliphatic rings. The largest absolute Gasteiger partial charge is 0.493 e. The van der Waals surface area contributed by atoms with Crippen molar-refractivity contribution >= 4 is 39.1 Å². The van der Waals surface area contributed by atoms with E-state index in [0.29, 0.717) is 39.9 Å². The molecule has 0 radical (unpaired) electrons. The van der Waals surface area contributed by atoms with Crippen LogP contribution in [0, 0.1) is 5.82 Å². The van der Waals surface area contributed by atoms with Gasteiger partial charge in [0.25, 0.3) is 0 Å². The minimum Gasteiger partial charge on any atom is -0.493 e. The van der Waals surface area contributed by atoms with E-state index >= 15 is 0 Å². The molecule has 2 N–H and O–H groups in total. The number of nitrogens with one attached hydrogen (secondary N) is 2. The maximum absolute atomic E-state index is 13.5. The molecule has 0 bridgehead atoms. The summed E-state index contributed by atoms with van der Waals surface area (Å²) in [4.78, 5) is 17.0. The van der Waals surface area contributed by atoms with E-state index in [0.717, 1.165) is 16.2 Å². The van der Waals surface area contributed by atoms with E-state index in [2.05, 4.69) is 15.6 Å². The molecule has 5 aromatic rings. The molecular formula is C28H22FN3O4. The lowest BCUT2D eigenvalue weighted by Crippen LogP contribution is -2.19. The average molecular weight is 483 g/mol. The van der Waals surface area contributed by atoms with Crippen LogP contribution in [0.25, 0.3) is 21.7 Å². The van der Waals surface area contributed by atoms with Crippen molar-refractivity contribution in [2.45, 2.75) is 0 Å². The van der Waals surface area contributed by atoms with E-state index in [4.69, 9.17) is 14.2 Å². The molecule has 0 spiro atoms. The zero-order valence-electron chi connectivity index (χ0n) is 19.5. The number of hydrogen-bond acceptors (Lipinski definition) is 5. The van der Waals surface area contributed by atoms with Crippen molar-refractivity contribution in [1.29, 1.82) is 0 Å². The molecule has 2 amide bonds. The summed E-state index contributed by atoms with van der Waals surface area (Å²) in [7, 11) is 3.15. The number of nitrogens with zero attached hydrogens (tertiary/aromatic N) is 1. The molecule has 36 heavy (non-hydrogen) atoms. The Morgan fingerprint density at radius 1 is 0.750 bits per heavy atom. The monoisotopic (exact) mass is 483 g/mol. The van der Waals surface area contributed by atoms with Gasteiger partial charge in [0, 0.05) is 34.1 Å². The Morgan fingerprint density at radius 3 is 2.28 bits per heavy atom. The van der Waals surface area contributed by atoms with Gasteiger partial charge in [0.2, 0.25) is 0 Å². The third-order valence-electron chi connectivity index (χ3n) is 5.64. The van der Waals surface area contributed by atoms with Crippen LogP contribution in [0.5, 0.6) is 23.0 Å². The van der Waals surface area contributed by atoms with Gasteiger partial charge in [0.1, 0.15) is 17.3 Å². The number of amides is 2. The second-order valence-electron chi connectivity index (χ2n) is 7.88. The number of urea groups is 1. The Kier molecular flexibility index (Phi) is 6.23. The molecule has 8 heteroatoms. The molecule has 0 saturated heterocycles. The summed E-state index contributed by atoms with van der Waals surface area (Å²) >= 11 is 0. The quantitative estimate of drug-likeness (QED) is 0.272. The van der Waals surface area contributed by atoms with Crippen LogP contribution in [0.15, 0.2) is 85.1 Å². The Balaban J connectivity index is 1.47. The van der Waals surface area contributed by atoms with Crippen LogP contribution < -0.4 is 24.8 Å². The van der Waals surface area contributed by atoms with Crippen molar-refractivity contribution in [3.63, 3.8) is 0 Å². The second-order valence-corrected chi connectivity index (χ2v) is 7.88. The fourth-order valence-corrected chi connectivity index (χ4v) is 3.98. The van der Waals surface area contributed by atoms with E-state index in [1.807, 2.05) is 30.3 Å². The van der Waals surface area contributed by atoms with Crippen molar-refractivity contribution < 1.29 is 23.4 Å². The Hall–Kier alpha value is -4.85. The van der Waals surface area contributed by atoms with Gasteiger partial charge in [-0.1, -0.05) is 30.3 Å². The standard InChI is InChI=1S/C28H22FN3O4/c1-34-26-15-21-23(16-27(26)35-2)30-13-12-25(21)36-24-11-10-22(19-8-3-4-9-20(19)24)32-28(33)31-18-7-5-6-17(29)14-18/h3-16H,1-2H3,(H2,31,32,33). The highest BCUT2D eigenvalue weighted by atomic mass is 19.1. The number of anilines is 2. The topological polar surface area (TPSA) is 81.7 Å². The SMILES string of the molecule is COc1cc2nccc(Oc3ccc(NC(=O)Nc4cccc(F)c4)c4ccccc34)c2cc1OC. The number of fused-ring (bicyclic) bond motifs is 2. The molecular weight excluding hydrogens is 461 g/mol. The van der Waals surface area contributed by atoms with E-state index in [9.17, 15) is 9.18 Å². The molecule has 0 saturated carbocycles. The average Bonchev–Trinajstić information content (AvgIpc) is 2.89. The number of methoxy groups -OCH3 is 2. The molecule has 0 aliphatic carbocycles. The van der Waals surface area contributed by atoms with Gasteiger partial charge in [-0.3, -0.25) is 4.98 Å². The van der Waals surface area contributed by atoms with E-state index in [1.54, 1.807) is 50.7 Å². The van der Waals surface area contributed by atoms with Crippen LogP contribution in [-0.2, 0) is 0 Å². The predicted molar refractivity (Wildman–Crippen MR) is 138 cm³/mol. The summed E-state index contributed by atoms with van der Waals surface area (Å²) < 4.78 is 30.6. The first-order chi connectivity index (χ1) is 17.6. The molecule has 0 aliphatic heterocycles. The number of aromatic nitrogens is 1. The molecule has 1 aromatic heterocycles. The molecule has 0 unspecified atom stereocenters. The molecule has 7 nitrogen and oxygen atoms in total. The number of carbonyl (C=O) groups excluding carboxylic acids is 1. The Morgan fingerprint density at radius 2 is 1.50 bits per heavy atom. The summed E-state index contributed by atoms with van der Waals surface area (Å²) in [5, 5.41) is 7.81. The molecule has 0 atom stereocenters. The Labute approximate surface area is 206 Å². The van der Waals surface area contributed by atoms with Crippen molar-refractivity contribution in [2.24, 2.45) is 0 Å². The first-order valence-corrected chi connectivity index (χ1v) is 11.1. The second kappa shape index (κ2) is 9.79. The number of halogens is 1. The number of hydrogen-bond donors (Lipinski definition) is 2. The van der Waals surface area contributed by atoms with Crippen LogP contribution in [-0.4, -0.2) is 25.2 Å². The number of carbonyl (C=O) groups is 1. The third kappa shape index (κ3) is 4.56. The number of pyridine rings is 1. The first kappa shape index (κ1) is 22.9. The van der Waals surface area contributed by atoms with Crippen LogP contribution in [0.3, 0.4) is 0 Å².